The van der Waals surface area contributed by atoms with Crippen molar-refractivity contribution >= 4 is 28.1 Å². The lowest BCUT2D eigenvalue weighted by Crippen LogP contribution is -2.25. The van der Waals surface area contributed by atoms with E-state index in [-0.39, 0.29) is 5.91 Å². The molecule has 2 heterocycles. The van der Waals surface area contributed by atoms with Crippen molar-refractivity contribution in [3.05, 3.63) is 52.1 Å². The lowest BCUT2D eigenvalue weighted by molar-refractivity contribution is 0.0955. The number of aryl methyl sites for hydroxylation is 3. The Morgan fingerprint density at radius 2 is 2.13 bits per heavy atom. The first-order valence-electron chi connectivity index (χ1n) is 7.97. The average molecular weight is 327 g/mol. The summed E-state index contributed by atoms with van der Waals surface area (Å²) in [5, 5.41) is 5.22. The lowest BCUT2D eigenvalue weighted by Gasteiger charge is -2.07. The number of aromatic nitrogens is 2. The number of hydrogen-bond donors (Lipinski definition) is 1. The zero-order chi connectivity index (χ0) is 16.2. The molecule has 1 aromatic carbocycles. The molecule has 0 aliphatic heterocycles. The predicted octanol–water partition coefficient (Wildman–Crippen LogP) is 3.79. The molecule has 120 valence electrons. The maximum absolute atomic E-state index is 12.3. The molecule has 2 aromatic heterocycles. The Kier molecular flexibility index (Phi) is 4.76. The van der Waals surface area contributed by atoms with E-state index in [0.717, 1.165) is 35.0 Å². The molecule has 3 aromatic rings. The summed E-state index contributed by atoms with van der Waals surface area (Å²) in [6.45, 7) is 5.54. The summed E-state index contributed by atoms with van der Waals surface area (Å²) < 4.78 is 2.23. The van der Waals surface area contributed by atoms with Gasteiger partial charge in [0.2, 0.25) is 0 Å². The van der Waals surface area contributed by atoms with E-state index >= 15 is 0 Å². The van der Waals surface area contributed by atoms with Crippen LogP contribution in [0.1, 0.15) is 33.7 Å². The molecule has 0 bridgehead atoms. The molecule has 0 atom stereocenters. The number of carbonyl (C=O) groups is 1. The van der Waals surface area contributed by atoms with Crippen LogP contribution in [0.25, 0.3) is 10.9 Å². The van der Waals surface area contributed by atoms with Crippen LogP contribution >= 0.6 is 11.3 Å². The standard InChI is InChI=1S/C18H21N3OS/c1-3-15-17(23-13(2)20-15)18(22)19-10-6-11-21-12-9-14-7-4-5-8-16(14)21/h4-5,7-9,12H,3,6,10-11H2,1-2H3,(H,19,22). The third-order valence-corrected chi connectivity index (χ3v) is 4.90. The first kappa shape index (κ1) is 15.7. The van der Waals surface area contributed by atoms with Gasteiger partial charge in [-0.15, -0.1) is 11.3 Å². The molecule has 0 unspecified atom stereocenters. The molecular weight excluding hydrogens is 306 g/mol. The topological polar surface area (TPSA) is 46.9 Å². The lowest BCUT2D eigenvalue weighted by atomic mass is 10.2. The largest absolute Gasteiger partial charge is 0.351 e. The number of amides is 1. The molecule has 0 saturated carbocycles. The second-order valence-corrected chi connectivity index (χ2v) is 6.74. The Labute approximate surface area is 140 Å². The minimum absolute atomic E-state index is 0.00446. The Hall–Kier alpha value is -2.14. The minimum atomic E-state index is 0.00446. The second kappa shape index (κ2) is 6.96. The van der Waals surface area contributed by atoms with Gasteiger partial charge in [0.1, 0.15) is 4.88 Å². The number of nitrogens with zero attached hydrogens (tertiary/aromatic N) is 2. The van der Waals surface area contributed by atoms with Crippen molar-refractivity contribution in [3.63, 3.8) is 0 Å². The van der Waals surface area contributed by atoms with Crippen molar-refractivity contribution in [1.82, 2.24) is 14.9 Å². The fourth-order valence-corrected chi connectivity index (χ4v) is 3.68. The SMILES string of the molecule is CCc1nc(C)sc1C(=O)NCCCn1ccc2ccccc21. The summed E-state index contributed by atoms with van der Waals surface area (Å²) in [5.41, 5.74) is 2.14. The average Bonchev–Trinajstić information content (AvgIpc) is 3.15. The summed E-state index contributed by atoms with van der Waals surface area (Å²) in [6.07, 6.45) is 3.81. The number of benzene rings is 1. The Bertz CT molecular complexity index is 819. The van der Waals surface area contributed by atoms with Gasteiger partial charge < -0.3 is 9.88 Å². The van der Waals surface area contributed by atoms with Crippen molar-refractivity contribution in [3.8, 4) is 0 Å². The van der Waals surface area contributed by atoms with Crippen molar-refractivity contribution < 1.29 is 4.79 Å². The smallest absolute Gasteiger partial charge is 0.263 e. The monoisotopic (exact) mass is 327 g/mol. The molecule has 4 nitrogen and oxygen atoms in total. The highest BCUT2D eigenvalue weighted by Crippen LogP contribution is 2.18. The van der Waals surface area contributed by atoms with Crippen LogP contribution in [0.5, 0.6) is 0 Å². The van der Waals surface area contributed by atoms with E-state index in [2.05, 4.69) is 51.4 Å². The van der Waals surface area contributed by atoms with Crippen molar-refractivity contribution in [2.75, 3.05) is 6.54 Å². The van der Waals surface area contributed by atoms with Gasteiger partial charge in [0.05, 0.1) is 10.7 Å². The number of thiazole rings is 1. The van der Waals surface area contributed by atoms with Gasteiger partial charge >= 0.3 is 0 Å². The van der Waals surface area contributed by atoms with Gasteiger partial charge in [-0.1, -0.05) is 25.1 Å². The van der Waals surface area contributed by atoms with Gasteiger partial charge in [-0.05, 0) is 37.3 Å². The van der Waals surface area contributed by atoms with E-state index in [1.165, 1.54) is 22.2 Å². The first-order chi connectivity index (χ1) is 11.2. The highest BCUT2D eigenvalue weighted by atomic mass is 32.1. The highest BCUT2D eigenvalue weighted by Gasteiger charge is 2.14. The quantitative estimate of drug-likeness (QED) is 0.700. The molecule has 0 radical (unpaired) electrons. The van der Waals surface area contributed by atoms with Crippen LogP contribution in [0.15, 0.2) is 36.5 Å². The van der Waals surface area contributed by atoms with Crippen molar-refractivity contribution in [1.29, 1.82) is 0 Å². The van der Waals surface area contributed by atoms with Crippen LogP contribution in [0.3, 0.4) is 0 Å². The van der Waals surface area contributed by atoms with E-state index < -0.39 is 0 Å². The second-order valence-electron chi connectivity index (χ2n) is 5.54. The summed E-state index contributed by atoms with van der Waals surface area (Å²) in [6, 6.07) is 10.5. The van der Waals surface area contributed by atoms with Gasteiger partial charge in [-0.3, -0.25) is 4.79 Å². The molecule has 5 heteroatoms. The molecular formula is C18H21N3OS. The van der Waals surface area contributed by atoms with Gasteiger partial charge in [0, 0.05) is 24.8 Å². The molecule has 0 fully saturated rings. The maximum atomic E-state index is 12.3. The zero-order valence-corrected chi connectivity index (χ0v) is 14.3. The number of carbonyl (C=O) groups excluding carboxylic acids is 1. The van der Waals surface area contributed by atoms with E-state index in [4.69, 9.17) is 0 Å². The van der Waals surface area contributed by atoms with Crippen LogP contribution in [0.2, 0.25) is 0 Å². The normalized spacial score (nSPS) is 11.0. The zero-order valence-electron chi connectivity index (χ0n) is 13.5. The molecule has 1 amide bonds. The summed E-state index contributed by atoms with van der Waals surface area (Å²) in [7, 11) is 0. The Morgan fingerprint density at radius 3 is 2.96 bits per heavy atom. The number of rotatable bonds is 6. The summed E-state index contributed by atoms with van der Waals surface area (Å²) in [5.74, 6) is 0.00446. The van der Waals surface area contributed by atoms with Crippen LogP contribution in [0.4, 0.5) is 0 Å². The van der Waals surface area contributed by atoms with Gasteiger partial charge in [-0.2, -0.15) is 0 Å². The molecule has 1 N–H and O–H groups in total. The molecule has 0 aliphatic carbocycles. The van der Waals surface area contributed by atoms with Gasteiger partial charge in [-0.25, -0.2) is 4.98 Å². The first-order valence-corrected chi connectivity index (χ1v) is 8.79. The van der Waals surface area contributed by atoms with Gasteiger partial charge in [0.25, 0.3) is 5.91 Å². The minimum Gasteiger partial charge on any atom is -0.351 e. The van der Waals surface area contributed by atoms with E-state index in [1.807, 2.05) is 13.8 Å². The van der Waals surface area contributed by atoms with Gasteiger partial charge in [0.15, 0.2) is 0 Å². The maximum Gasteiger partial charge on any atom is 0.263 e. The third kappa shape index (κ3) is 3.45. The molecule has 0 saturated heterocycles. The summed E-state index contributed by atoms with van der Waals surface area (Å²) >= 11 is 1.48. The summed E-state index contributed by atoms with van der Waals surface area (Å²) in [4.78, 5) is 17.4. The Balaban J connectivity index is 1.54. The molecule has 3 rings (SSSR count). The van der Waals surface area contributed by atoms with Crippen molar-refractivity contribution in [2.24, 2.45) is 0 Å². The molecule has 0 spiro atoms. The van der Waals surface area contributed by atoms with E-state index in [9.17, 15) is 4.79 Å². The van der Waals surface area contributed by atoms with Crippen LogP contribution in [0, 0.1) is 6.92 Å². The Morgan fingerprint density at radius 1 is 1.30 bits per heavy atom. The number of fused-ring (bicyclic) bond motifs is 1. The number of nitrogens with one attached hydrogen (secondary N) is 1. The number of hydrogen-bond acceptors (Lipinski definition) is 3. The number of para-hydroxylation sites is 1. The van der Waals surface area contributed by atoms with Crippen LogP contribution < -0.4 is 5.32 Å². The molecule has 0 aliphatic rings. The van der Waals surface area contributed by atoms with E-state index in [0.29, 0.717) is 6.54 Å². The van der Waals surface area contributed by atoms with E-state index in [1.54, 1.807) is 0 Å². The molecule has 23 heavy (non-hydrogen) atoms. The fourth-order valence-electron chi connectivity index (χ4n) is 2.75. The predicted molar refractivity (Wildman–Crippen MR) is 95.1 cm³/mol. The fraction of sp³-hybridized carbons (Fsp3) is 0.333. The third-order valence-electron chi connectivity index (χ3n) is 3.89. The van der Waals surface area contributed by atoms with Crippen molar-refractivity contribution in [2.45, 2.75) is 33.2 Å². The highest BCUT2D eigenvalue weighted by molar-refractivity contribution is 7.13. The van der Waals surface area contributed by atoms with Crippen LogP contribution in [-0.2, 0) is 13.0 Å². The van der Waals surface area contributed by atoms with Crippen LogP contribution in [-0.4, -0.2) is 22.0 Å².